The minimum atomic E-state index is -0.398. The van der Waals surface area contributed by atoms with Crippen molar-refractivity contribution in [2.75, 3.05) is 13.2 Å². The fourth-order valence-corrected chi connectivity index (χ4v) is 5.16. The monoisotopic (exact) mass is 503 g/mol. The third-order valence-corrected chi connectivity index (χ3v) is 7.70. The van der Waals surface area contributed by atoms with Crippen molar-refractivity contribution in [1.82, 2.24) is 15.6 Å². The molecular weight excluding hydrogens is 470 g/mol. The summed E-state index contributed by atoms with van der Waals surface area (Å²) in [5.41, 5.74) is 6.73. The van der Waals surface area contributed by atoms with Crippen LogP contribution in [0.5, 0.6) is 5.75 Å². The molecule has 5 nitrogen and oxygen atoms in total. The van der Waals surface area contributed by atoms with Crippen molar-refractivity contribution in [3.05, 3.63) is 106 Å². The van der Waals surface area contributed by atoms with Gasteiger partial charge in [-0.2, -0.15) is 0 Å². The molecule has 1 aliphatic carbocycles. The Bertz CT molecular complexity index is 1530. The molecule has 2 aliphatic rings. The number of nitrogens with one attached hydrogen (secondary N) is 2. The number of fused-ring (bicyclic) bond motifs is 1. The van der Waals surface area contributed by atoms with Crippen molar-refractivity contribution < 1.29 is 9.53 Å². The largest absolute Gasteiger partial charge is 0.492 e. The normalized spacial score (nSPS) is 17.8. The van der Waals surface area contributed by atoms with Gasteiger partial charge in [-0.25, -0.2) is 0 Å². The highest BCUT2D eigenvalue weighted by atomic mass is 16.5. The molecule has 1 unspecified atom stereocenters. The first kappa shape index (κ1) is 24.4. The van der Waals surface area contributed by atoms with Crippen molar-refractivity contribution in [3.63, 3.8) is 0 Å². The average molecular weight is 504 g/mol. The molecule has 0 bridgehead atoms. The smallest absolute Gasteiger partial charge is 0.252 e. The molecule has 4 aromatic rings. The lowest BCUT2D eigenvalue weighted by molar-refractivity contribution is 0.0930. The van der Waals surface area contributed by atoms with Crippen molar-refractivity contribution in [2.24, 2.45) is 0 Å². The van der Waals surface area contributed by atoms with E-state index in [1.54, 1.807) is 0 Å². The molecule has 5 heteroatoms. The standard InChI is InChI=1S/C33H33N3O2/c1-22-5-3-6-24(17-22)9-10-25-18-30(28-7-4-15-35-31(28)19-25)33(13-14-33)36-32(37)29-20-27(11-8-23(29)2)38-21-26-12-16-34-26/h3-11,15,17-20,26,34H,12-14,16,21H2,1-2H3,(H,36,37). The van der Waals surface area contributed by atoms with Crippen LogP contribution in [0.15, 0.2) is 72.9 Å². The Morgan fingerprint density at radius 2 is 1.89 bits per heavy atom. The summed E-state index contributed by atoms with van der Waals surface area (Å²) in [5, 5.41) is 7.83. The SMILES string of the molecule is Cc1cccc(C=Cc2cc(C3(NC(=O)c4cc(OCC5CCN5)ccc4C)CC3)c3cccnc3c2)c1. The molecule has 1 aliphatic heterocycles. The number of hydrogen-bond donors (Lipinski definition) is 2. The van der Waals surface area contributed by atoms with Crippen LogP contribution in [0.2, 0.25) is 0 Å². The van der Waals surface area contributed by atoms with Gasteiger partial charge >= 0.3 is 0 Å². The van der Waals surface area contributed by atoms with Crippen LogP contribution in [0.25, 0.3) is 23.1 Å². The lowest BCUT2D eigenvalue weighted by Crippen LogP contribution is -2.46. The van der Waals surface area contributed by atoms with E-state index < -0.39 is 5.54 Å². The molecule has 2 N–H and O–H groups in total. The topological polar surface area (TPSA) is 63.2 Å². The second-order valence-corrected chi connectivity index (χ2v) is 10.6. The first-order chi connectivity index (χ1) is 18.5. The molecule has 1 saturated heterocycles. The van der Waals surface area contributed by atoms with Gasteiger partial charge in [0.25, 0.3) is 5.91 Å². The number of aryl methyl sites for hydroxylation is 2. The second kappa shape index (κ2) is 10.1. The molecule has 6 rings (SSSR count). The van der Waals surface area contributed by atoms with Crippen LogP contribution in [0.4, 0.5) is 0 Å². The van der Waals surface area contributed by atoms with Gasteiger partial charge in [0.15, 0.2) is 0 Å². The van der Waals surface area contributed by atoms with E-state index in [9.17, 15) is 4.79 Å². The highest BCUT2D eigenvalue weighted by Gasteiger charge is 2.47. The zero-order chi connectivity index (χ0) is 26.1. The van der Waals surface area contributed by atoms with Gasteiger partial charge in [0, 0.05) is 23.2 Å². The van der Waals surface area contributed by atoms with Gasteiger partial charge in [-0.3, -0.25) is 9.78 Å². The van der Waals surface area contributed by atoms with E-state index >= 15 is 0 Å². The summed E-state index contributed by atoms with van der Waals surface area (Å²) in [4.78, 5) is 18.3. The molecule has 0 spiro atoms. The summed E-state index contributed by atoms with van der Waals surface area (Å²) in [6, 6.07) is 23.0. The van der Waals surface area contributed by atoms with E-state index in [-0.39, 0.29) is 5.91 Å². The van der Waals surface area contributed by atoms with Crippen molar-refractivity contribution in [1.29, 1.82) is 0 Å². The molecule has 1 atom stereocenters. The van der Waals surface area contributed by atoms with Gasteiger partial charge in [0.1, 0.15) is 12.4 Å². The van der Waals surface area contributed by atoms with E-state index in [0.717, 1.165) is 64.7 Å². The summed E-state index contributed by atoms with van der Waals surface area (Å²) in [7, 11) is 0. The van der Waals surface area contributed by atoms with Crippen molar-refractivity contribution >= 4 is 29.0 Å². The van der Waals surface area contributed by atoms with E-state index in [1.807, 2.05) is 37.4 Å². The third kappa shape index (κ3) is 5.07. The summed E-state index contributed by atoms with van der Waals surface area (Å²) >= 11 is 0. The maximum absolute atomic E-state index is 13.6. The number of amides is 1. The van der Waals surface area contributed by atoms with Crippen LogP contribution in [0.3, 0.4) is 0 Å². The van der Waals surface area contributed by atoms with E-state index in [0.29, 0.717) is 18.2 Å². The van der Waals surface area contributed by atoms with E-state index in [4.69, 9.17) is 4.74 Å². The van der Waals surface area contributed by atoms with Gasteiger partial charge in [-0.15, -0.1) is 0 Å². The maximum Gasteiger partial charge on any atom is 0.252 e. The average Bonchev–Trinajstić information content (AvgIpc) is 3.67. The molecule has 2 fully saturated rings. The first-order valence-corrected chi connectivity index (χ1v) is 13.4. The molecular formula is C33H33N3O2. The number of carbonyl (C=O) groups excluding carboxylic acids is 1. The summed E-state index contributed by atoms with van der Waals surface area (Å²) in [5.74, 6) is 0.669. The van der Waals surface area contributed by atoms with Crippen LogP contribution in [0, 0.1) is 13.8 Å². The predicted octanol–water partition coefficient (Wildman–Crippen LogP) is 6.18. The van der Waals surface area contributed by atoms with Gasteiger partial charge in [-0.1, -0.05) is 54.1 Å². The minimum Gasteiger partial charge on any atom is -0.492 e. The molecule has 1 saturated carbocycles. The molecule has 192 valence electrons. The number of pyridine rings is 1. The van der Waals surface area contributed by atoms with Crippen LogP contribution in [-0.2, 0) is 5.54 Å². The number of hydrogen-bond acceptors (Lipinski definition) is 4. The summed E-state index contributed by atoms with van der Waals surface area (Å²) in [6.45, 7) is 5.74. The van der Waals surface area contributed by atoms with Crippen LogP contribution in [-0.4, -0.2) is 30.1 Å². The lowest BCUT2D eigenvalue weighted by Gasteiger charge is -2.27. The minimum absolute atomic E-state index is 0.0648. The molecule has 3 aromatic carbocycles. The Balaban J connectivity index is 1.28. The summed E-state index contributed by atoms with van der Waals surface area (Å²) in [6.07, 6.45) is 9.02. The number of rotatable bonds is 8. The third-order valence-electron chi connectivity index (χ3n) is 7.70. The summed E-state index contributed by atoms with van der Waals surface area (Å²) < 4.78 is 5.97. The Morgan fingerprint density at radius 3 is 2.66 bits per heavy atom. The Kier molecular flexibility index (Phi) is 6.46. The molecule has 1 aromatic heterocycles. The number of nitrogens with zero attached hydrogens (tertiary/aromatic N) is 1. The molecule has 0 radical (unpaired) electrons. The quantitative estimate of drug-likeness (QED) is 0.282. The van der Waals surface area contributed by atoms with E-state index in [2.05, 4.69) is 77.2 Å². The Hall–Kier alpha value is -3.96. The molecule has 1 amide bonds. The van der Waals surface area contributed by atoms with Crippen molar-refractivity contribution in [2.45, 2.75) is 44.7 Å². The van der Waals surface area contributed by atoms with E-state index in [1.165, 1.54) is 5.56 Å². The number of aromatic nitrogens is 1. The van der Waals surface area contributed by atoms with Crippen LogP contribution < -0.4 is 15.4 Å². The highest BCUT2D eigenvalue weighted by Crippen LogP contribution is 2.48. The number of benzene rings is 3. The second-order valence-electron chi connectivity index (χ2n) is 10.6. The number of carbonyl (C=O) groups is 1. The zero-order valence-electron chi connectivity index (χ0n) is 22.0. The van der Waals surface area contributed by atoms with Crippen LogP contribution in [0.1, 0.15) is 57.4 Å². The van der Waals surface area contributed by atoms with Crippen molar-refractivity contribution in [3.8, 4) is 5.75 Å². The van der Waals surface area contributed by atoms with Gasteiger partial charge in [0.05, 0.1) is 11.1 Å². The van der Waals surface area contributed by atoms with Crippen LogP contribution >= 0.6 is 0 Å². The fourth-order valence-electron chi connectivity index (χ4n) is 5.16. The van der Waals surface area contributed by atoms with Gasteiger partial charge < -0.3 is 15.4 Å². The maximum atomic E-state index is 13.6. The first-order valence-electron chi connectivity index (χ1n) is 13.4. The Morgan fingerprint density at radius 1 is 1.05 bits per heavy atom. The van der Waals surface area contributed by atoms with Gasteiger partial charge in [0.2, 0.25) is 0 Å². The Labute approximate surface area is 223 Å². The predicted molar refractivity (Wildman–Crippen MR) is 153 cm³/mol. The van der Waals surface area contributed by atoms with Gasteiger partial charge in [-0.05, 0) is 92.2 Å². The molecule has 2 heterocycles. The zero-order valence-corrected chi connectivity index (χ0v) is 22.0. The lowest BCUT2D eigenvalue weighted by atomic mass is 9.95. The molecule has 38 heavy (non-hydrogen) atoms. The highest BCUT2D eigenvalue weighted by molar-refractivity contribution is 5.97. The number of ether oxygens (including phenoxy) is 1. The fraction of sp³-hybridized carbons (Fsp3) is 0.273.